The Labute approximate surface area is 118 Å². The molecule has 1 fully saturated rings. The minimum absolute atomic E-state index is 0.0156. The summed E-state index contributed by atoms with van der Waals surface area (Å²) in [6, 6.07) is 14.9. The van der Waals surface area contributed by atoms with Crippen molar-refractivity contribution in [3.63, 3.8) is 0 Å². The molecule has 3 rings (SSSR count). The number of ketones is 1. The van der Waals surface area contributed by atoms with Crippen molar-refractivity contribution in [3.8, 4) is 5.75 Å². The summed E-state index contributed by atoms with van der Waals surface area (Å²) < 4.78 is 10.7. The van der Waals surface area contributed by atoms with Crippen molar-refractivity contribution in [2.24, 2.45) is 0 Å². The largest absolute Gasteiger partial charge is 0.491 e. The second-order valence-electron chi connectivity index (χ2n) is 4.99. The predicted octanol–water partition coefficient (Wildman–Crippen LogP) is 3.00. The summed E-state index contributed by atoms with van der Waals surface area (Å²) in [5.41, 5.74) is 2.42. The molecular weight excluding hydrogens is 252 g/mol. The van der Waals surface area contributed by atoms with E-state index in [0.29, 0.717) is 23.5 Å². The van der Waals surface area contributed by atoms with Gasteiger partial charge in [0, 0.05) is 11.1 Å². The van der Waals surface area contributed by atoms with E-state index < -0.39 is 0 Å². The maximum Gasteiger partial charge on any atom is 0.193 e. The average Bonchev–Trinajstić information content (AvgIpc) is 3.29. The molecule has 2 aromatic carbocycles. The zero-order valence-corrected chi connectivity index (χ0v) is 11.3. The van der Waals surface area contributed by atoms with E-state index in [2.05, 4.69) is 0 Å². The molecule has 1 saturated heterocycles. The Morgan fingerprint density at radius 1 is 1.20 bits per heavy atom. The van der Waals surface area contributed by atoms with Crippen LogP contribution in [0.3, 0.4) is 0 Å². The van der Waals surface area contributed by atoms with Gasteiger partial charge in [0.2, 0.25) is 0 Å². The lowest BCUT2D eigenvalue weighted by Gasteiger charge is -2.07. The Balaban J connectivity index is 1.78. The normalized spacial score (nSPS) is 16.8. The predicted molar refractivity (Wildman–Crippen MR) is 76.3 cm³/mol. The van der Waals surface area contributed by atoms with Crippen LogP contribution in [0.4, 0.5) is 0 Å². The highest BCUT2D eigenvalue weighted by Gasteiger charge is 2.23. The van der Waals surface area contributed by atoms with E-state index in [1.54, 1.807) is 6.07 Å². The van der Waals surface area contributed by atoms with Gasteiger partial charge in [0.05, 0.1) is 6.61 Å². The summed E-state index contributed by atoms with van der Waals surface area (Å²) in [4.78, 5) is 12.4. The fraction of sp³-hybridized carbons (Fsp3) is 0.235. The van der Waals surface area contributed by atoms with E-state index >= 15 is 0 Å². The van der Waals surface area contributed by atoms with Gasteiger partial charge < -0.3 is 9.47 Å². The van der Waals surface area contributed by atoms with Crippen molar-refractivity contribution < 1.29 is 14.3 Å². The van der Waals surface area contributed by atoms with Gasteiger partial charge >= 0.3 is 0 Å². The number of rotatable bonds is 5. The third-order valence-corrected chi connectivity index (χ3v) is 3.21. The molecule has 3 nitrogen and oxygen atoms in total. The summed E-state index contributed by atoms with van der Waals surface area (Å²) in [5.74, 6) is 0.723. The van der Waals surface area contributed by atoms with E-state index in [1.165, 1.54) is 0 Å². The lowest BCUT2D eigenvalue weighted by atomic mass is 10.0. The van der Waals surface area contributed by atoms with Crippen molar-refractivity contribution in [1.82, 2.24) is 0 Å². The number of carbonyl (C=O) groups excluding carboxylic acids is 1. The standard InChI is InChI=1S/C17H16O3/c1-12-4-2-5-13(8-12)17(18)14-6-3-7-15(9-14)19-10-16-11-20-16/h2-9,16H,10-11H2,1H3. The minimum Gasteiger partial charge on any atom is -0.491 e. The minimum atomic E-state index is 0.0156. The molecule has 0 bridgehead atoms. The monoisotopic (exact) mass is 268 g/mol. The summed E-state index contributed by atoms with van der Waals surface area (Å²) in [6.07, 6.45) is 0.214. The van der Waals surface area contributed by atoms with E-state index in [0.717, 1.165) is 12.2 Å². The van der Waals surface area contributed by atoms with E-state index in [9.17, 15) is 4.79 Å². The molecule has 3 heteroatoms. The number of hydrogen-bond donors (Lipinski definition) is 0. The molecule has 0 amide bonds. The molecular formula is C17H16O3. The lowest BCUT2D eigenvalue weighted by molar-refractivity contribution is 0.103. The first kappa shape index (κ1) is 12.9. The molecule has 1 unspecified atom stereocenters. The fourth-order valence-electron chi connectivity index (χ4n) is 2.03. The van der Waals surface area contributed by atoms with Gasteiger partial charge in [-0.3, -0.25) is 4.79 Å². The Morgan fingerprint density at radius 2 is 1.90 bits per heavy atom. The average molecular weight is 268 g/mol. The highest BCUT2D eigenvalue weighted by Crippen LogP contribution is 2.19. The number of ether oxygens (including phenoxy) is 2. The zero-order chi connectivity index (χ0) is 13.9. The third-order valence-electron chi connectivity index (χ3n) is 3.21. The molecule has 0 spiro atoms. The molecule has 1 aliphatic rings. The molecule has 0 saturated carbocycles. The Morgan fingerprint density at radius 3 is 2.60 bits per heavy atom. The van der Waals surface area contributed by atoms with Gasteiger partial charge in [0.1, 0.15) is 18.5 Å². The maximum atomic E-state index is 12.4. The molecule has 0 radical (unpaired) electrons. The van der Waals surface area contributed by atoms with Gasteiger partial charge in [-0.25, -0.2) is 0 Å². The van der Waals surface area contributed by atoms with Gasteiger partial charge in [0.25, 0.3) is 0 Å². The fourth-order valence-corrected chi connectivity index (χ4v) is 2.03. The van der Waals surface area contributed by atoms with Crippen molar-refractivity contribution >= 4 is 5.78 Å². The molecule has 20 heavy (non-hydrogen) atoms. The molecule has 102 valence electrons. The first-order valence-corrected chi connectivity index (χ1v) is 6.68. The van der Waals surface area contributed by atoms with Crippen LogP contribution < -0.4 is 4.74 Å². The van der Waals surface area contributed by atoms with Crippen LogP contribution in [0.25, 0.3) is 0 Å². The van der Waals surface area contributed by atoms with E-state index in [4.69, 9.17) is 9.47 Å². The third kappa shape index (κ3) is 3.06. The first-order valence-electron chi connectivity index (χ1n) is 6.68. The molecule has 1 atom stereocenters. The first-order chi connectivity index (χ1) is 9.72. The SMILES string of the molecule is Cc1cccc(C(=O)c2cccc(OCC3CO3)c2)c1. The summed E-state index contributed by atoms with van der Waals surface area (Å²) in [7, 11) is 0. The molecule has 0 N–H and O–H groups in total. The Bertz CT molecular complexity index is 630. The van der Waals surface area contributed by atoms with Gasteiger partial charge in [-0.15, -0.1) is 0 Å². The summed E-state index contributed by atoms with van der Waals surface area (Å²) in [6.45, 7) is 3.29. The van der Waals surface area contributed by atoms with Crippen LogP contribution >= 0.6 is 0 Å². The highest BCUT2D eigenvalue weighted by atomic mass is 16.6. The zero-order valence-electron chi connectivity index (χ0n) is 11.3. The van der Waals surface area contributed by atoms with E-state index in [1.807, 2.05) is 49.4 Å². The molecule has 0 aliphatic carbocycles. The molecule has 2 aromatic rings. The van der Waals surface area contributed by atoms with Crippen molar-refractivity contribution in [1.29, 1.82) is 0 Å². The van der Waals surface area contributed by atoms with Gasteiger partial charge in [0.15, 0.2) is 5.78 Å². The Kier molecular flexibility index (Phi) is 3.52. The Hall–Kier alpha value is -2.13. The van der Waals surface area contributed by atoms with Crippen LogP contribution in [0.2, 0.25) is 0 Å². The van der Waals surface area contributed by atoms with Crippen molar-refractivity contribution in [3.05, 3.63) is 65.2 Å². The number of epoxide rings is 1. The van der Waals surface area contributed by atoms with E-state index in [-0.39, 0.29) is 11.9 Å². The van der Waals surface area contributed by atoms with Crippen LogP contribution in [-0.2, 0) is 4.74 Å². The van der Waals surface area contributed by atoms with Crippen LogP contribution in [0.15, 0.2) is 48.5 Å². The van der Waals surface area contributed by atoms with Crippen molar-refractivity contribution in [2.75, 3.05) is 13.2 Å². The second kappa shape index (κ2) is 5.47. The van der Waals surface area contributed by atoms with Crippen LogP contribution in [0, 0.1) is 6.92 Å². The number of aryl methyl sites for hydroxylation is 1. The number of hydrogen-bond acceptors (Lipinski definition) is 3. The summed E-state index contributed by atoms with van der Waals surface area (Å²) in [5, 5.41) is 0. The topological polar surface area (TPSA) is 38.8 Å². The highest BCUT2D eigenvalue weighted by molar-refractivity contribution is 6.09. The summed E-state index contributed by atoms with van der Waals surface area (Å²) >= 11 is 0. The number of carbonyl (C=O) groups is 1. The maximum absolute atomic E-state index is 12.4. The van der Waals surface area contributed by atoms with Crippen LogP contribution in [0.1, 0.15) is 21.5 Å². The van der Waals surface area contributed by atoms with Crippen LogP contribution in [0.5, 0.6) is 5.75 Å². The lowest BCUT2D eigenvalue weighted by Crippen LogP contribution is -2.06. The van der Waals surface area contributed by atoms with Gasteiger partial charge in [-0.2, -0.15) is 0 Å². The van der Waals surface area contributed by atoms with Crippen LogP contribution in [-0.4, -0.2) is 25.1 Å². The molecule has 1 aliphatic heterocycles. The molecule has 1 heterocycles. The molecule has 0 aromatic heterocycles. The number of benzene rings is 2. The van der Waals surface area contributed by atoms with Gasteiger partial charge in [-0.1, -0.05) is 35.9 Å². The quantitative estimate of drug-likeness (QED) is 0.618. The smallest absolute Gasteiger partial charge is 0.193 e. The van der Waals surface area contributed by atoms with Crippen molar-refractivity contribution in [2.45, 2.75) is 13.0 Å². The second-order valence-corrected chi connectivity index (χ2v) is 4.99. The van der Waals surface area contributed by atoms with Gasteiger partial charge in [-0.05, 0) is 25.1 Å².